The van der Waals surface area contributed by atoms with Crippen LogP contribution in [0.25, 0.3) is 0 Å². The summed E-state index contributed by atoms with van der Waals surface area (Å²) in [5.41, 5.74) is 4.25. The number of amides is 1. The maximum atomic E-state index is 13.7. The molecule has 3 aromatic rings. The highest BCUT2D eigenvalue weighted by molar-refractivity contribution is 7.93. The molecule has 1 saturated heterocycles. The van der Waals surface area contributed by atoms with Crippen LogP contribution < -0.4 is 14.5 Å². The van der Waals surface area contributed by atoms with Crippen molar-refractivity contribution >= 4 is 43.8 Å². The molecule has 1 atom stereocenters. The summed E-state index contributed by atoms with van der Waals surface area (Å²) in [6.07, 6.45) is 1.71. The van der Waals surface area contributed by atoms with Crippen LogP contribution in [0, 0.1) is 5.82 Å². The third kappa shape index (κ3) is 5.00. The summed E-state index contributed by atoms with van der Waals surface area (Å²) in [6.45, 7) is 5.14. The second kappa shape index (κ2) is 10.0. The number of sulfonamides is 1. The van der Waals surface area contributed by atoms with Crippen LogP contribution in [0.4, 0.5) is 20.9 Å². The third-order valence-corrected chi connectivity index (χ3v) is 8.80. The van der Waals surface area contributed by atoms with Gasteiger partial charge in [-0.2, -0.15) is 0 Å². The largest absolute Gasteiger partial charge is 0.368 e. The summed E-state index contributed by atoms with van der Waals surface area (Å²) in [5, 5.41) is 7.57. The summed E-state index contributed by atoms with van der Waals surface area (Å²) < 4.78 is 41.2. The molecule has 1 aromatic heterocycles. The number of benzene rings is 2. The third-order valence-electron chi connectivity index (χ3n) is 6.71. The summed E-state index contributed by atoms with van der Waals surface area (Å²) >= 11 is 1.11. The Morgan fingerprint density at radius 1 is 1.11 bits per heavy atom. The van der Waals surface area contributed by atoms with E-state index in [9.17, 15) is 17.6 Å². The Morgan fingerprint density at radius 2 is 1.86 bits per heavy atom. The van der Waals surface area contributed by atoms with Gasteiger partial charge in [-0.15, -0.1) is 10.2 Å². The van der Waals surface area contributed by atoms with E-state index in [0.717, 1.165) is 47.7 Å². The summed E-state index contributed by atoms with van der Waals surface area (Å²) in [7, 11) is -3.73. The number of anilines is 3. The van der Waals surface area contributed by atoms with Crippen LogP contribution in [0.3, 0.4) is 0 Å². The number of carbonyl (C=O) groups excluding carboxylic acids is 1. The highest BCUT2D eigenvalue weighted by atomic mass is 32.2. The van der Waals surface area contributed by atoms with E-state index >= 15 is 0 Å². The number of carbonyl (C=O) groups is 1. The second-order valence-corrected chi connectivity index (χ2v) is 11.4. The molecule has 3 heterocycles. The number of fused-ring (bicyclic) bond motifs is 1. The van der Waals surface area contributed by atoms with Crippen LogP contribution >= 0.6 is 11.3 Å². The Labute approximate surface area is 216 Å². The minimum Gasteiger partial charge on any atom is -0.368 e. The first-order valence-corrected chi connectivity index (χ1v) is 14.2. The molecule has 0 spiro atoms. The fourth-order valence-electron chi connectivity index (χ4n) is 4.81. The lowest BCUT2D eigenvalue weighted by Crippen LogP contribution is -2.55. The SMILES string of the molecule is C[C@H](C(=O)N1CCN(c2ccc(S(=O)(=O)Nc3nncs3)cc2)CC1)N1CCCc2cc(F)ccc21.[HH].[HH]. The van der Waals surface area contributed by atoms with Gasteiger partial charge in [0.2, 0.25) is 11.0 Å². The number of hydrogen-bond acceptors (Lipinski definition) is 8. The molecule has 2 aromatic carbocycles. The van der Waals surface area contributed by atoms with Gasteiger partial charge in [-0.25, -0.2) is 12.8 Å². The van der Waals surface area contributed by atoms with E-state index in [0.29, 0.717) is 26.2 Å². The average molecular weight is 535 g/mol. The lowest BCUT2D eigenvalue weighted by atomic mass is 9.99. The molecular weight excluding hydrogens is 503 g/mol. The van der Waals surface area contributed by atoms with Gasteiger partial charge in [0, 0.05) is 47.0 Å². The Kier molecular flexibility index (Phi) is 6.80. The molecular formula is C24H31FN6O3S2. The molecule has 2 aliphatic heterocycles. The fourth-order valence-corrected chi connectivity index (χ4v) is 6.50. The molecule has 0 unspecified atom stereocenters. The smallest absolute Gasteiger partial charge is 0.263 e. The molecule has 12 heteroatoms. The number of nitrogens with one attached hydrogen (secondary N) is 1. The van der Waals surface area contributed by atoms with Crippen molar-refractivity contribution in [2.24, 2.45) is 0 Å². The van der Waals surface area contributed by atoms with Gasteiger partial charge in [-0.05, 0) is 67.8 Å². The molecule has 36 heavy (non-hydrogen) atoms. The molecule has 0 aliphatic carbocycles. The lowest BCUT2D eigenvalue weighted by molar-refractivity contribution is -0.132. The maximum absolute atomic E-state index is 13.7. The van der Waals surface area contributed by atoms with E-state index in [1.165, 1.54) is 11.6 Å². The molecule has 9 nitrogen and oxygen atoms in total. The summed E-state index contributed by atoms with van der Waals surface area (Å²) in [6, 6.07) is 11.2. The number of nitrogens with zero attached hydrogens (tertiary/aromatic N) is 5. The number of halogens is 1. The monoisotopic (exact) mass is 534 g/mol. The number of hydrogen-bond donors (Lipinski definition) is 1. The van der Waals surface area contributed by atoms with Crippen molar-refractivity contribution in [1.82, 2.24) is 15.1 Å². The molecule has 1 fully saturated rings. The van der Waals surface area contributed by atoms with E-state index in [4.69, 9.17) is 0 Å². The molecule has 2 aliphatic rings. The summed E-state index contributed by atoms with van der Waals surface area (Å²) in [4.78, 5) is 19.6. The van der Waals surface area contributed by atoms with Gasteiger partial charge in [0.15, 0.2) is 0 Å². The van der Waals surface area contributed by atoms with E-state index in [1.807, 2.05) is 11.8 Å². The number of aryl methyl sites for hydroxylation is 1. The zero-order valence-corrected chi connectivity index (χ0v) is 21.4. The van der Waals surface area contributed by atoms with Gasteiger partial charge in [0.05, 0.1) is 4.90 Å². The Balaban J connectivity index is 0.00000200. The van der Waals surface area contributed by atoms with Crippen molar-refractivity contribution < 1.29 is 20.5 Å². The van der Waals surface area contributed by atoms with Gasteiger partial charge in [0.1, 0.15) is 17.4 Å². The first kappa shape index (κ1) is 24.4. The van der Waals surface area contributed by atoms with Crippen molar-refractivity contribution in [3.63, 3.8) is 0 Å². The topological polar surface area (TPSA) is 98.7 Å². The van der Waals surface area contributed by atoms with Gasteiger partial charge < -0.3 is 14.7 Å². The van der Waals surface area contributed by atoms with Gasteiger partial charge >= 0.3 is 0 Å². The standard InChI is InChI=1S/C24H27FN6O3S2.2H2/c1-17(31-10-2-3-18-15-19(25)4-9-22(18)31)23(32)30-13-11-29(12-14-30)20-5-7-21(8-6-20)36(33,34)28-24-27-26-16-35-24;;/h4-9,15-17H,2-3,10-14H2,1H3,(H,27,28);2*1H/t17-;;/m1../s1. The van der Waals surface area contributed by atoms with Crippen LogP contribution in [-0.4, -0.2) is 68.2 Å². The molecule has 1 N–H and O–H groups in total. The normalized spacial score (nSPS) is 17.0. The predicted octanol–water partition coefficient (Wildman–Crippen LogP) is 3.46. The predicted molar refractivity (Wildman–Crippen MR) is 142 cm³/mol. The minimum atomic E-state index is -3.73. The van der Waals surface area contributed by atoms with E-state index in [-0.39, 0.29) is 30.6 Å². The summed E-state index contributed by atoms with van der Waals surface area (Å²) in [5.74, 6) is -0.180. The highest BCUT2D eigenvalue weighted by Crippen LogP contribution is 2.30. The van der Waals surface area contributed by atoms with Crippen LogP contribution in [0.5, 0.6) is 0 Å². The van der Waals surface area contributed by atoms with Gasteiger partial charge in [-0.3, -0.25) is 9.52 Å². The maximum Gasteiger partial charge on any atom is 0.263 e. The molecule has 0 radical (unpaired) electrons. The highest BCUT2D eigenvalue weighted by Gasteiger charge is 2.31. The van der Waals surface area contributed by atoms with Crippen molar-refractivity contribution in [3.8, 4) is 0 Å². The van der Waals surface area contributed by atoms with Crippen molar-refractivity contribution in [1.29, 1.82) is 0 Å². The number of aromatic nitrogens is 2. The molecule has 0 saturated carbocycles. The van der Waals surface area contributed by atoms with E-state index in [1.54, 1.807) is 36.4 Å². The first-order valence-electron chi connectivity index (χ1n) is 11.8. The zero-order valence-electron chi connectivity index (χ0n) is 19.8. The van der Waals surface area contributed by atoms with E-state index in [2.05, 4.69) is 24.7 Å². The molecule has 5 rings (SSSR count). The fraction of sp³-hybridized carbons (Fsp3) is 0.375. The Hall–Kier alpha value is -3.25. The Morgan fingerprint density at radius 3 is 2.56 bits per heavy atom. The van der Waals surface area contributed by atoms with E-state index < -0.39 is 10.0 Å². The van der Waals surface area contributed by atoms with Crippen LogP contribution in [0.2, 0.25) is 0 Å². The lowest BCUT2D eigenvalue weighted by Gasteiger charge is -2.41. The minimum absolute atomic E-state index is 0. The molecule has 0 bridgehead atoms. The quantitative estimate of drug-likeness (QED) is 0.517. The second-order valence-electron chi connectivity index (χ2n) is 8.90. The van der Waals surface area contributed by atoms with Crippen molar-refractivity contribution in [3.05, 3.63) is 59.4 Å². The number of piperazine rings is 1. The Bertz CT molecular complexity index is 1340. The zero-order chi connectivity index (χ0) is 25.3. The average Bonchev–Trinajstić information content (AvgIpc) is 3.40. The van der Waals surface area contributed by atoms with Crippen molar-refractivity contribution in [2.45, 2.75) is 30.7 Å². The van der Waals surface area contributed by atoms with Gasteiger partial charge in [0.25, 0.3) is 10.0 Å². The van der Waals surface area contributed by atoms with Crippen LogP contribution in [-0.2, 0) is 21.2 Å². The number of rotatable bonds is 6. The molecule has 1 amide bonds. The van der Waals surface area contributed by atoms with Crippen LogP contribution in [0.1, 0.15) is 21.8 Å². The first-order chi connectivity index (χ1) is 17.3. The van der Waals surface area contributed by atoms with Crippen molar-refractivity contribution in [2.75, 3.05) is 47.2 Å². The van der Waals surface area contributed by atoms with Crippen LogP contribution in [0.15, 0.2) is 52.9 Å². The molecule has 194 valence electrons. The van der Waals surface area contributed by atoms with Gasteiger partial charge in [-0.1, -0.05) is 11.3 Å².